The highest BCUT2D eigenvalue weighted by molar-refractivity contribution is 5.72. The number of hydrogen-bond acceptors (Lipinski definition) is 7. The number of carbonyl (C=O) groups excluding carboxylic acids is 1. The summed E-state index contributed by atoms with van der Waals surface area (Å²) in [5.41, 5.74) is 12.7. The highest BCUT2D eigenvalue weighted by Crippen LogP contribution is 2.28. The van der Waals surface area contributed by atoms with Crippen LogP contribution in [0.3, 0.4) is 0 Å². The van der Waals surface area contributed by atoms with Gasteiger partial charge in [0.1, 0.15) is 0 Å². The molecule has 7 heteroatoms. The van der Waals surface area contributed by atoms with Crippen LogP contribution in [-0.4, -0.2) is 19.7 Å². The first-order valence-corrected chi connectivity index (χ1v) is 9.50. The van der Waals surface area contributed by atoms with Crippen molar-refractivity contribution in [3.05, 3.63) is 83.9 Å². The number of ether oxygens (including phenoxy) is 2. The molecule has 0 aliphatic rings. The van der Waals surface area contributed by atoms with E-state index in [0.717, 1.165) is 16.8 Å². The fourth-order valence-corrected chi connectivity index (χ4v) is 2.61. The molecule has 0 amide bonds. The van der Waals surface area contributed by atoms with Gasteiger partial charge in [-0.2, -0.15) is 0 Å². The molecule has 0 atom stereocenters. The fourth-order valence-electron chi connectivity index (χ4n) is 2.61. The van der Waals surface area contributed by atoms with E-state index in [1.807, 2.05) is 73.7 Å². The fraction of sp³-hybridized carbons (Fsp3) is 0.174. The second-order valence-electron chi connectivity index (χ2n) is 6.56. The summed E-state index contributed by atoms with van der Waals surface area (Å²) < 4.78 is 10.9. The Balaban J connectivity index is 1.46. The van der Waals surface area contributed by atoms with Gasteiger partial charge in [0.25, 0.3) is 0 Å². The molecular formula is C23H25N3O4. The van der Waals surface area contributed by atoms with Gasteiger partial charge in [-0.25, -0.2) is 15.7 Å². The Labute approximate surface area is 175 Å². The Morgan fingerprint density at radius 1 is 0.900 bits per heavy atom. The van der Waals surface area contributed by atoms with Crippen molar-refractivity contribution in [3.63, 3.8) is 0 Å². The topological polar surface area (TPSA) is 80.8 Å². The van der Waals surface area contributed by atoms with Gasteiger partial charge >= 0.3 is 5.97 Å². The molecule has 0 saturated heterocycles. The van der Waals surface area contributed by atoms with E-state index in [1.165, 1.54) is 0 Å². The first kappa shape index (κ1) is 21.0. The maximum atomic E-state index is 11.9. The smallest absolute Gasteiger partial charge is 0.369 e. The van der Waals surface area contributed by atoms with E-state index >= 15 is 0 Å². The van der Waals surface area contributed by atoms with Crippen molar-refractivity contribution in [2.24, 2.45) is 0 Å². The molecule has 0 aliphatic heterocycles. The lowest BCUT2D eigenvalue weighted by Crippen LogP contribution is -2.21. The van der Waals surface area contributed by atoms with E-state index in [4.69, 9.17) is 14.3 Å². The average molecular weight is 407 g/mol. The zero-order valence-electron chi connectivity index (χ0n) is 17.0. The van der Waals surface area contributed by atoms with E-state index in [-0.39, 0.29) is 6.61 Å². The standard InChI is InChI=1S/C23H25N3O4/c1-17-8-11-20(12-9-17)26-30-23(27)16-29-21-13-10-18(14-22(21)28-2)15-24-25-19-6-4-3-5-7-19/h3-14,24-26H,15-16H2,1-2H3. The van der Waals surface area contributed by atoms with E-state index in [9.17, 15) is 4.79 Å². The zero-order chi connectivity index (χ0) is 21.2. The predicted octanol–water partition coefficient (Wildman–Crippen LogP) is 4.07. The Morgan fingerprint density at radius 3 is 2.40 bits per heavy atom. The van der Waals surface area contributed by atoms with Crippen LogP contribution >= 0.6 is 0 Å². The van der Waals surface area contributed by atoms with Crippen LogP contribution < -0.4 is 25.8 Å². The van der Waals surface area contributed by atoms with Gasteiger partial charge < -0.3 is 19.7 Å². The molecule has 7 nitrogen and oxygen atoms in total. The second-order valence-corrected chi connectivity index (χ2v) is 6.56. The van der Waals surface area contributed by atoms with Crippen LogP contribution in [0, 0.1) is 6.92 Å². The van der Waals surface area contributed by atoms with Crippen LogP contribution in [-0.2, 0) is 16.2 Å². The normalized spacial score (nSPS) is 10.2. The lowest BCUT2D eigenvalue weighted by atomic mass is 10.2. The number of benzene rings is 3. The monoisotopic (exact) mass is 407 g/mol. The summed E-state index contributed by atoms with van der Waals surface area (Å²) >= 11 is 0. The highest BCUT2D eigenvalue weighted by Gasteiger charge is 2.10. The first-order valence-electron chi connectivity index (χ1n) is 9.50. The van der Waals surface area contributed by atoms with Crippen LogP contribution in [0.25, 0.3) is 0 Å². The number of para-hydroxylation sites is 1. The third-order valence-electron chi connectivity index (χ3n) is 4.21. The van der Waals surface area contributed by atoms with Crippen LogP contribution in [0.2, 0.25) is 0 Å². The molecule has 3 aromatic rings. The van der Waals surface area contributed by atoms with Crippen molar-refractivity contribution >= 4 is 17.3 Å². The second kappa shape index (κ2) is 10.7. The van der Waals surface area contributed by atoms with Gasteiger partial charge in [0.2, 0.25) is 0 Å². The summed E-state index contributed by atoms with van der Waals surface area (Å²) in [6.07, 6.45) is 0. The minimum Gasteiger partial charge on any atom is -0.493 e. The molecule has 3 aromatic carbocycles. The molecule has 0 saturated carbocycles. The van der Waals surface area contributed by atoms with Gasteiger partial charge in [0, 0.05) is 12.2 Å². The Hall–Kier alpha value is -3.71. The summed E-state index contributed by atoms with van der Waals surface area (Å²) in [6.45, 7) is 2.31. The molecular weight excluding hydrogens is 382 g/mol. The number of aryl methyl sites for hydroxylation is 1. The largest absolute Gasteiger partial charge is 0.493 e. The van der Waals surface area contributed by atoms with Gasteiger partial charge in [0.05, 0.1) is 12.8 Å². The van der Waals surface area contributed by atoms with Crippen molar-refractivity contribution in [3.8, 4) is 11.5 Å². The average Bonchev–Trinajstić information content (AvgIpc) is 2.78. The third kappa shape index (κ3) is 6.42. The van der Waals surface area contributed by atoms with Crippen molar-refractivity contribution < 1.29 is 19.1 Å². The molecule has 0 unspecified atom stereocenters. The highest BCUT2D eigenvalue weighted by atomic mass is 16.7. The number of methoxy groups -OCH3 is 1. The molecule has 0 bridgehead atoms. The summed E-state index contributed by atoms with van der Waals surface area (Å²) in [5, 5.41) is 0. The Kier molecular flexibility index (Phi) is 7.51. The predicted molar refractivity (Wildman–Crippen MR) is 116 cm³/mol. The summed E-state index contributed by atoms with van der Waals surface area (Å²) in [4.78, 5) is 16.9. The van der Waals surface area contributed by atoms with E-state index < -0.39 is 5.97 Å². The van der Waals surface area contributed by atoms with E-state index in [0.29, 0.717) is 23.7 Å². The minimum atomic E-state index is -0.546. The van der Waals surface area contributed by atoms with Crippen molar-refractivity contribution in [1.29, 1.82) is 0 Å². The van der Waals surface area contributed by atoms with Crippen LogP contribution in [0.4, 0.5) is 11.4 Å². The van der Waals surface area contributed by atoms with Crippen molar-refractivity contribution in [2.45, 2.75) is 13.5 Å². The molecule has 0 heterocycles. The molecule has 0 aromatic heterocycles. The number of carbonyl (C=O) groups is 1. The van der Waals surface area contributed by atoms with E-state index in [2.05, 4.69) is 16.3 Å². The molecule has 30 heavy (non-hydrogen) atoms. The van der Waals surface area contributed by atoms with Gasteiger partial charge in [-0.15, -0.1) is 0 Å². The van der Waals surface area contributed by atoms with Crippen molar-refractivity contribution in [1.82, 2.24) is 5.43 Å². The Morgan fingerprint density at radius 2 is 1.67 bits per heavy atom. The lowest BCUT2D eigenvalue weighted by molar-refractivity contribution is -0.143. The van der Waals surface area contributed by atoms with Crippen LogP contribution in [0.15, 0.2) is 72.8 Å². The van der Waals surface area contributed by atoms with Gasteiger partial charge in [-0.3, -0.25) is 0 Å². The molecule has 156 valence electrons. The van der Waals surface area contributed by atoms with Gasteiger partial charge in [-0.05, 0) is 48.9 Å². The molecule has 0 spiro atoms. The molecule has 3 N–H and O–H groups in total. The Bertz CT molecular complexity index is 946. The number of hydrazine groups is 1. The molecule has 0 radical (unpaired) electrons. The van der Waals surface area contributed by atoms with Crippen LogP contribution in [0.1, 0.15) is 11.1 Å². The zero-order valence-corrected chi connectivity index (χ0v) is 17.0. The summed E-state index contributed by atoms with van der Waals surface area (Å²) in [5.74, 6) is 0.452. The molecule has 3 rings (SSSR count). The first-order chi connectivity index (χ1) is 14.6. The number of hydrogen-bond donors (Lipinski definition) is 3. The SMILES string of the molecule is COc1cc(CNNc2ccccc2)ccc1OCC(=O)ONc1ccc(C)cc1. The van der Waals surface area contributed by atoms with Crippen molar-refractivity contribution in [2.75, 3.05) is 24.6 Å². The number of rotatable bonds is 10. The summed E-state index contributed by atoms with van der Waals surface area (Å²) in [6, 6.07) is 22.8. The van der Waals surface area contributed by atoms with Gasteiger partial charge in [0.15, 0.2) is 18.1 Å². The lowest BCUT2D eigenvalue weighted by Gasteiger charge is -2.13. The summed E-state index contributed by atoms with van der Waals surface area (Å²) in [7, 11) is 1.55. The molecule has 0 aliphatic carbocycles. The van der Waals surface area contributed by atoms with Crippen LogP contribution in [0.5, 0.6) is 11.5 Å². The minimum absolute atomic E-state index is 0.248. The quantitative estimate of drug-likeness (QED) is 0.437. The maximum absolute atomic E-state index is 11.9. The van der Waals surface area contributed by atoms with E-state index in [1.54, 1.807) is 13.2 Å². The molecule has 0 fully saturated rings. The maximum Gasteiger partial charge on any atom is 0.369 e. The third-order valence-corrected chi connectivity index (χ3v) is 4.21. The van der Waals surface area contributed by atoms with Gasteiger partial charge in [-0.1, -0.05) is 42.0 Å². The number of anilines is 2. The number of nitrogens with one attached hydrogen (secondary N) is 3.